The van der Waals surface area contributed by atoms with Crippen LogP contribution in [-0.4, -0.2) is 86.9 Å². The lowest BCUT2D eigenvalue weighted by molar-refractivity contribution is -0.181. The highest BCUT2D eigenvalue weighted by Crippen LogP contribution is 2.52. The lowest BCUT2D eigenvalue weighted by atomic mass is 9.52. The molecule has 4 N–H and O–H groups in total. The number of phenolic OH excluding ortho intramolecular Hbond substituents is 1. The number of carbonyl (C=O) groups is 5. The Morgan fingerprint density at radius 2 is 1.80 bits per heavy atom. The molecule has 3 aliphatic carbocycles. The molecule has 2 saturated carbocycles. The topological polar surface area (TPSA) is 158 Å². The molecule has 0 saturated heterocycles. The van der Waals surface area contributed by atoms with Crippen LogP contribution in [-0.2, 0) is 32.1 Å². The van der Waals surface area contributed by atoms with Crippen molar-refractivity contribution in [3.63, 3.8) is 0 Å². The molecule has 11 heteroatoms. The number of Topliss-reactive ketones (excluding diaryl/α,β-unsaturated/α-hetero) is 4. The van der Waals surface area contributed by atoms with E-state index in [9.17, 15) is 34.2 Å². The zero-order valence-electron chi connectivity index (χ0n) is 23.8. The summed E-state index contributed by atoms with van der Waals surface area (Å²) >= 11 is 6.88. The van der Waals surface area contributed by atoms with Crippen LogP contribution in [0.5, 0.6) is 5.75 Å². The van der Waals surface area contributed by atoms with E-state index >= 15 is 0 Å². The smallest absolute Gasteiger partial charge is 0.235 e. The van der Waals surface area contributed by atoms with Gasteiger partial charge >= 0.3 is 0 Å². The van der Waals surface area contributed by atoms with Crippen molar-refractivity contribution >= 4 is 40.6 Å². The number of aromatic hydroxyl groups is 1. The molecule has 0 aromatic heterocycles. The van der Waals surface area contributed by atoms with Crippen LogP contribution in [0.1, 0.15) is 62.0 Å². The zero-order valence-corrected chi connectivity index (χ0v) is 24.5. The van der Waals surface area contributed by atoms with Crippen LogP contribution in [0.3, 0.4) is 0 Å². The average molecular weight is 576 g/mol. The number of halogens is 1. The molecule has 0 spiro atoms. The summed E-state index contributed by atoms with van der Waals surface area (Å²) in [5, 5.41) is 23.0. The first kappa shape index (κ1) is 30.3. The van der Waals surface area contributed by atoms with E-state index < -0.39 is 64.4 Å². The number of carbonyl (C=O) groups excluding carboxylic acids is 5. The number of rotatable bonds is 7. The first-order valence-corrected chi connectivity index (χ1v) is 14.0. The zero-order chi connectivity index (χ0) is 30.1. The number of primary amides is 1. The van der Waals surface area contributed by atoms with Gasteiger partial charge in [0.25, 0.3) is 0 Å². The van der Waals surface area contributed by atoms with Crippen molar-refractivity contribution in [1.82, 2.24) is 9.80 Å². The van der Waals surface area contributed by atoms with Gasteiger partial charge in [-0.15, -0.1) is 0 Å². The number of likely N-dealkylation sites (N-methyl/N-ethyl adjacent to an activating group) is 1. The summed E-state index contributed by atoms with van der Waals surface area (Å²) in [5.74, 6) is -10.7. The minimum atomic E-state index is -2.75. The molecule has 2 fully saturated rings. The molecule has 4 rings (SSSR count). The van der Waals surface area contributed by atoms with Crippen molar-refractivity contribution in [2.75, 3.05) is 20.6 Å². The molecule has 3 aliphatic rings. The van der Waals surface area contributed by atoms with E-state index in [1.54, 1.807) is 14.1 Å². The van der Waals surface area contributed by atoms with Crippen molar-refractivity contribution in [3.05, 3.63) is 27.8 Å². The van der Waals surface area contributed by atoms with Crippen LogP contribution >= 0.6 is 11.6 Å². The van der Waals surface area contributed by atoms with Gasteiger partial charge in [-0.25, -0.2) is 0 Å². The van der Waals surface area contributed by atoms with Gasteiger partial charge in [-0.1, -0.05) is 25.4 Å². The fourth-order valence-corrected chi connectivity index (χ4v) is 7.29. The second-order valence-corrected chi connectivity index (χ2v) is 12.6. The van der Waals surface area contributed by atoms with Crippen LogP contribution < -0.4 is 5.73 Å². The lowest BCUT2D eigenvalue weighted by Crippen LogP contribution is -2.74. The Morgan fingerprint density at radius 1 is 1.18 bits per heavy atom. The summed E-state index contributed by atoms with van der Waals surface area (Å²) in [4.78, 5) is 70.0. The summed E-state index contributed by atoms with van der Waals surface area (Å²) in [7, 11) is 3.10. The van der Waals surface area contributed by atoms with Crippen LogP contribution in [0, 0.1) is 23.7 Å². The number of benzene rings is 1. The number of phenols is 1. The highest BCUT2D eigenvalue weighted by molar-refractivity contribution is 6.34. The van der Waals surface area contributed by atoms with Crippen molar-refractivity contribution in [2.45, 2.75) is 70.7 Å². The van der Waals surface area contributed by atoms with Gasteiger partial charge < -0.3 is 15.9 Å². The summed E-state index contributed by atoms with van der Waals surface area (Å²) in [6.45, 7) is 9.50. The van der Waals surface area contributed by atoms with E-state index in [1.807, 2.05) is 6.92 Å². The minimum Gasteiger partial charge on any atom is -0.507 e. The van der Waals surface area contributed by atoms with Crippen LogP contribution in [0.4, 0.5) is 0 Å². The number of hydrogen-bond donors (Lipinski definition) is 3. The highest BCUT2D eigenvalue weighted by Gasteiger charge is 2.69. The van der Waals surface area contributed by atoms with E-state index in [1.165, 1.54) is 11.0 Å². The first-order chi connectivity index (χ1) is 18.5. The van der Waals surface area contributed by atoms with E-state index in [2.05, 4.69) is 25.7 Å². The van der Waals surface area contributed by atoms with Gasteiger partial charge in [0.1, 0.15) is 5.75 Å². The van der Waals surface area contributed by atoms with E-state index in [0.29, 0.717) is 22.7 Å². The fourth-order valence-electron chi connectivity index (χ4n) is 7.01. The fraction of sp³-hybridized carbons (Fsp3) is 0.621. The maximum atomic E-state index is 13.9. The third kappa shape index (κ3) is 4.31. The highest BCUT2D eigenvalue weighted by atomic mass is 35.5. The Labute approximate surface area is 238 Å². The van der Waals surface area contributed by atoms with Gasteiger partial charge in [0.05, 0.1) is 17.5 Å². The third-order valence-corrected chi connectivity index (χ3v) is 10.0. The molecule has 1 aromatic carbocycles. The van der Waals surface area contributed by atoms with Gasteiger partial charge in [0.2, 0.25) is 5.91 Å². The monoisotopic (exact) mass is 575 g/mol. The summed E-state index contributed by atoms with van der Waals surface area (Å²) in [6.07, 6.45) is 0.996. The number of nitrogens with two attached hydrogens (primary N) is 1. The van der Waals surface area contributed by atoms with Crippen molar-refractivity contribution in [2.24, 2.45) is 29.4 Å². The van der Waals surface area contributed by atoms with Crippen molar-refractivity contribution < 1.29 is 34.2 Å². The van der Waals surface area contributed by atoms with Crippen molar-refractivity contribution in [1.29, 1.82) is 0 Å². The largest absolute Gasteiger partial charge is 0.507 e. The average Bonchev–Trinajstić information content (AvgIpc) is 2.86. The minimum absolute atomic E-state index is 0.0187. The molecule has 1 aromatic rings. The molecule has 0 aliphatic heterocycles. The predicted molar refractivity (Wildman–Crippen MR) is 147 cm³/mol. The van der Waals surface area contributed by atoms with Gasteiger partial charge in [0.15, 0.2) is 34.7 Å². The number of aliphatic hydroxyl groups is 1. The molecule has 218 valence electrons. The van der Waals surface area contributed by atoms with E-state index in [0.717, 1.165) is 13.0 Å². The van der Waals surface area contributed by atoms with Gasteiger partial charge in [-0.2, -0.15) is 0 Å². The van der Waals surface area contributed by atoms with Gasteiger partial charge in [-0.3, -0.25) is 33.8 Å². The second-order valence-electron chi connectivity index (χ2n) is 12.2. The van der Waals surface area contributed by atoms with Crippen molar-refractivity contribution in [3.8, 4) is 5.75 Å². The standard InChI is InChI=1S/C29H38ClN3O7/c1-7-28(3,4)33(8-2)12-14-11-17(34)19-15(21(14)30)9-13-10-16-22(32(5)6)24(36)20(27(31)39)26(38)29(16,40)25(37)18(13)23(19)35/h11,13,16,18,20,22,34,40H,7-10,12H2,1-6H3,(H2,31,39)/t13-,16-,18?,20?,22-,29-/m0/s1. The first-order valence-electron chi connectivity index (χ1n) is 13.7. The Kier molecular flexibility index (Phi) is 7.81. The normalized spacial score (nSPS) is 30.4. The molecule has 6 atom stereocenters. The van der Waals surface area contributed by atoms with Crippen LogP contribution in [0.15, 0.2) is 6.07 Å². The molecule has 0 radical (unpaired) electrons. The molecule has 0 bridgehead atoms. The van der Waals surface area contributed by atoms with E-state index in [-0.39, 0.29) is 29.7 Å². The molecule has 2 unspecified atom stereocenters. The van der Waals surface area contributed by atoms with Crippen LogP contribution in [0.25, 0.3) is 0 Å². The maximum absolute atomic E-state index is 13.9. The Bertz CT molecular complexity index is 1310. The number of ketones is 4. The molecule has 40 heavy (non-hydrogen) atoms. The number of fused-ring (bicyclic) bond motifs is 3. The second kappa shape index (κ2) is 10.3. The molecule has 10 nitrogen and oxygen atoms in total. The number of hydrogen-bond acceptors (Lipinski definition) is 9. The van der Waals surface area contributed by atoms with Crippen LogP contribution in [0.2, 0.25) is 5.02 Å². The quantitative estimate of drug-likeness (QED) is 0.410. The number of amides is 1. The van der Waals surface area contributed by atoms with Gasteiger partial charge in [0, 0.05) is 23.0 Å². The summed E-state index contributed by atoms with van der Waals surface area (Å²) in [6, 6.07) is 0.292. The molecule has 0 heterocycles. The summed E-state index contributed by atoms with van der Waals surface area (Å²) < 4.78 is 0. The van der Waals surface area contributed by atoms with E-state index in [4.69, 9.17) is 17.3 Å². The molecular weight excluding hydrogens is 538 g/mol. The van der Waals surface area contributed by atoms with Gasteiger partial charge in [-0.05, 0) is 76.9 Å². The predicted octanol–water partition coefficient (Wildman–Crippen LogP) is 1.53. The summed E-state index contributed by atoms with van der Waals surface area (Å²) in [5.41, 5.74) is 3.42. The SMILES string of the molecule is CCN(Cc1cc(O)c2c(c1Cl)C[C@H]1C[C@H]3[C@H](N(C)C)C(=O)C(C(N)=O)C(=O)[C@@]3(O)C(=O)C1C2=O)C(C)(C)CC. The Morgan fingerprint density at radius 3 is 2.33 bits per heavy atom. The third-order valence-electron chi connectivity index (χ3n) is 9.53. The Hall–Kier alpha value is -2.66. The molecule has 1 amide bonds. The lowest BCUT2D eigenvalue weighted by Gasteiger charge is -2.52. The molecular formula is C29H38ClN3O7. The number of nitrogens with zero attached hydrogens (tertiary/aromatic N) is 2. The Balaban J connectivity index is 1.81. The maximum Gasteiger partial charge on any atom is 0.235 e.